The van der Waals surface area contributed by atoms with Crippen molar-refractivity contribution in [3.63, 3.8) is 0 Å². The number of hydrogen-bond donors (Lipinski definition) is 10. The van der Waals surface area contributed by atoms with Crippen LogP contribution in [0.5, 0.6) is 28.7 Å². The number of ether oxygens (including phenoxy) is 5. The fourth-order valence-corrected chi connectivity index (χ4v) is 5.08. The molecule has 16 heteroatoms. The molecular formula is C27H32O16. The van der Waals surface area contributed by atoms with Crippen molar-refractivity contribution in [2.24, 2.45) is 0 Å². The summed E-state index contributed by atoms with van der Waals surface area (Å²) in [6.45, 7) is -1.57. The Morgan fingerprint density at radius 3 is 1.81 bits per heavy atom. The second kappa shape index (κ2) is 12.4. The fraction of sp³-hybridized carbons (Fsp3) is 0.519. The number of ketones is 1. The van der Waals surface area contributed by atoms with E-state index in [1.807, 2.05) is 0 Å². The molecule has 11 atom stereocenters. The number of fused-ring (bicyclic) bond motifs is 1. The van der Waals surface area contributed by atoms with Crippen molar-refractivity contribution in [3.05, 3.63) is 41.5 Å². The van der Waals surface area contributed by atoms with Crippen molar-refractivity contribution >= 4 is 5.78 Å². The standard InChI is InChI=1S/C27H32O16/c28-7-15-18(32)21(35)23(37)26(41-15)40-14-6-13-17(11(31)5-12(39-13)9-1-3-10(30)4-2-9)20(34)25(14)43-27-24(38)22(36)19(33)16(8-29)42-27/h1-4,6,12,15-16,18-19,21-24,26-30,32-38H,5,7-8H2/t12?,15?,16?,18-,19-,21+,22+,23?,24?,26-,27+/m1/s1. The molecule has 3 aliphatic rings. The third-order valence-corrected chi connectivity index (χ3v) is 7.54. The lowest BCUT2D eigenvalue weighted by Gasteiger charge is -2.41. The third kappa shape index (κ3) is 5.82. The van der Waals surface area contributed by atoms with Crippen LogP contribution in [0.25, 0.3) is 0 Å². The molecule has 0 aliphatic carbocycles. The molecule has 16 nitrogen and oxygen atoms in total. The maximum Gasteiger partial charge on any atom is 0.229 e. The molecule has 0 saturated carbocycles. The van der Waals surface area contributed by atoms with Crippen LogP contribution in [0.15, 0.2) is 30.3 Å². The molecule has 0 spiro atoms. The van der Waals surface area contributed by atoms with Crippen molar-refractivity contribution in [1.82, 2.24) is 0 Å². The van der Waals surface area contributed by atoms with E-state index in [0.717, 1.165) is 6.07 Å². The first-order valence-electron chi connectivity index (χ1n) is 13.3. The molecule has 236 valence electrons. The van der Waals surface area contributed by atoms with Gasteiger partial charge in [0.2, 0.25) is 18.3 Å². The summed E-state index contributed by atoms with van der Waals surface area (Å²) in [5, 5.41) is 102. The summed E-state index contributed by atoms with van der Waals surface area (Å²) in [5.74, 6) is -2.91. The summed E-state index contributed by atoms with van der Waals surface area (Å²) in [4.78, 5) is 13.2. The van der Waals surface area contributed by atoms with Gasteiger partial charge in [0.1, 0.15) is 72.0 Å². The highest BCUT2D eigenvalue weighted by atomic mass is 16.7. The van der Waals surface area contributed by atoms with Gasteiger partial charge in [-0.15, -0.1) is 0 Å². The van der Waals surface area contributed by atoms with Gasteiger partial charge in [-0.25, -0.2) is 0 Å². The number of rotatable bonds is 7. The van der Waals surface area contributed by atoms with E-state index in [0.29, 0.717) is 5.56 Å². The van der Waals surface area contributed by atoms with E-state index in [-0.39, 0.29) is 23.5 Å². The number of phenols is 2. The normalized spacial score (nSPS) is 36.0. The number of carbonyl (C=O) groups is 1. The van der Waals surface area contributed by atoms with Gasteiger partial charge in [-0.3, -0.25) is 4.79 Å². The molecule has 2 aromatic rings. The van der Waals surface area contributed by atoms with Crippen LogP contribution in [-0.4, -0.2) is 131 Å². The van der Waals surface area contributed by atoms with E-state index in [1.54, 1.807) is 0 Å². The number of phenolic OH excluding ortho intramolecular Hbond substituents is 2. The number of aliphatic hydroxyl groups is 8. The van der Waals surface area contributed by atoms with Crippen molar-refractivity contribution in [2.75, 3.05) is 13.2 Å². The first-order valence-corrected chi connectivity index (χ1v) is 13.3. The lowest BCUT2D eigenvalue weighted by atomic mass is 9.95. The smallest absolute Gasteiger partial charge is 0.229 e. The van der Waals surface area contributed by atoms with Crippen LogP contribution in [0.4, 0.5) is 0 Å². The Kier molecular flexibility index (Phi) is 8.96. The minimum Gasteiger partial charge on any atom is -0.508 e. The van der Waals surface area contributed by atoms with E-state index >= 15 is 0 Å². The molecule has 10 N–H and O–H groups in total. The Labute approximate surface area is 243 Å². The molecule has 2 fully saturated rings. The summed E-state index contributed by atoms with van der Waals surface area (Å²) >= 11 is 0. The van der Waals surface area contributed by atoms with Gasteiger partial charge in [0.25, 0.3) is 0 Å². The highest BCUT2D eigenvalue weighted by Gasteiger charge is 2.48. The molecule has 3 aliphatic heterocycles. The van der Waals surface area contributed by atoms with Crippen LogP contribution in [0.2, 0.25) is 0 Å². The zero-order valence-electron chi connectivity index (χ0n) is 22.3. The van der Waals surface area contributed by atoms with Crippen LogP contribution in [0.1, 0.15) is 28.4 Å². The van der Waals surface area contributed by atoms with E-state index in [9.17, 15) is 55.9 Å². The van der Waals surface area contributed by atoms with Crippen molar-refractivity contribution in [2.45, 2.75) is 73.9 Å². The number of carbonyl (C=O) groups excluding carboxylic acids is 1. The number of aromatic hydroxyl groups is 2. The van der Waals surface area contributed by atoms with Crippen LogP contribution in [0.3, 0.4) is 0 Å². The molecule has 5 rings (SSSR count). The third-order valence-electron chi connectivity index (χ3n) is 7.54. The molecule has 2 saturated heterocycles. The molecule has 5 unspecified atom stereocenters. The molecule has 0 radical (unpaired) electrons. The number of Topliss-reactive ketones (excluding diaryl/α,β-unsaturated/α-hetero) is 1. The first kappa shape index (κ1) is 31.1. The largest absolute Gasteiger partial charge is 0.508 e. The lowest BCUT2D eigenvalue weighted by molar-refractivity contribution is -0.282. The van der Waals surface area contributed by atoms with Crippen LogP contribution in [0, 0.1) is 0 Å². The van der Waals surface area contributed by atoms with Gasteiger partial charge in [0.05, 0.1) is 19.6 Å². The molecule has 0 aromatic heterocycles. The van der Waals surface area contributed by atoms with Gasteiger partial charge < -0.3 is 74.7 Å². The minimum atomic E-state index is -1.93. The number of aliphatic hydroxyl groups excluding tert-OH is 8. The van der Waals surface area contributed by atoms with Crippen LogP contribution < -0.4 is 14.2 Å². The second-order valence-corrected chi connectivity index (χ2v) is 10.4. The summed E-state index contributed by atoms with van der Waals surface area (Å²) in [7, 11) is 0. The van der Waals surface area contributed by atoms with Gasteiger partial charge in [-0.1, -0.05) is 12.1 Å². The predicted molar refractivity (Wildman–Crippen MR) is 137 cm³/mol. The summed E-state index contributed by atoms with van der Waals surface area (Å²) in [6.07, 6.45) is -18.5. The monoisotopic (exact) mass is 612 g/mol. The Bertz CT molecular complexity index is 1300. The molecule has 2 aromatic carbocycles. The zero-order valence-corrected chi connectivity index (χ0v) is 22.3. The quantitative estimate of drug-likeness (QED) is 0.151. The molecule has 43 heavy (non-hydrogen) atoms. The molecular weight excluding hydrogens is 580 g/mol. The maximum atomic E-state index is 13.2. The average molecular weight is 613 g/mol. The predicted octanol–water partition coefficient (Wildman–Crippen LogP) is -2.84. The molecule has 0 amide bonds. The van der Waals surface area contributed by atoms with E-state index in [4.69, 9.17) is 23.7 Å². The Hall–Kier alpha value is -3.29. The van der Waals surface area contributed by atoms with Gasteiger partial charge in [0, 0.05) is 6.07 Å². The second-order valence-electron chi connectivity index (χ2n) is 10.4. The van der Waals surface area contributed by atoms with Crippen molar-refractivity contribution in [3.8, 4) is 28.7 Å². The highest BCUT2D eigenvalue weighted by molar-refractivity contribution is 6.03. The maximum absolute atomic E-state index is 13.2. The van der Waals surface area contributed by atoms with E-state index in [1.165, 1.54) is 24.3 Å². The van der Waals surface area contributed by atoms with E-state index in [2.05, 4.69) is 0 Å². The van der Waals surface area contributed by atoms with Crippen LogP contribution >= 0.6 is 0 Å². The number of benzene rings is 2. The Morgan fingerprint density at radius 2 is 1.28 bits per heavy atom. The van der Waals surface area contributed by atoms with Gasteiger partial charge in [-0.2, -0.15) is 0 Å². The Morgan fingerprint density at radius 1 is 0.744 bits per heavy atom. The topological polar surface area (TPSA) is 266 Å². The Balaban J connectivity index is 1.55. The first-order chi connectivity index (χ1) is 20.4. The minimum absolute atomic E-state index is 0.0193. The summed E-state index contributed by atoms with van der Waals surface area (Å²) in [6, 6.07) is 6.92. The molecule has 3 heterocycles. The van der Waals surface area contributed by atoms with E-state index < -0.39 is 104 Å². The summed E-state index contributed by atoms with van der Waals surface area (Å²) < 4.78 is 28.0. The van der Waals surface area contributed by atoms with Gasteiger partial charge >= 0.3 is 0 Å². The lowest BCUT2D eigenvalue weighted by Crippen LogP contribution is -2.60. The number of hydrogen-bond acceptors (Lipinski definition) is 16. The molecule has 0 bridgehead atoms. The van der Waals surface area contributed by atoms with Crippen LogP contribution in [-0.2, 0) is 9.47 Å². The fourth-order valence-electron chi connectivity index (χ4n) is 5.08. The summed E-state index contributed by atoms with van der Waals surface area (Å²) in [5.41, 5.74) is 0.144. The SMILES string of the molecule is O=C1CC(c2ccc(O)cc2)Oc2cc(O[C@@H]3OC(CO)[C@@H](O)[C@H](O)C3O)c(O[C@@H]3OC(CO)[C@@H](O)[C@H](O)C3O)c(O)c21. The van der Waals surface area contributed by atoms with Gasteiger partial charge in [0.15, 0.2) is 17.3 Å². The van der Waals surface area contributed by atoms with Gasteiger partial charge in [-0.05, 0) is 17.7 Å². The average Bonchev–Trinajstić information content (AvgIpc) is 2.99. The zero-order chi connectivity index (χ0) is 31.2. The van der Waals surface area contributed by atoms with Crippen molar-refractivity contribution in [1.29, 1.82) is 0 Å². The van der Waals surface area contributed by atoms with Crippen molar-refractivity contribution < 1.29 is 79.5 Å². The highest BCUT2D eigenvalue weighted by Crippen LogP contribution is 2.50.